The van der Waals surface area contributed by atoms with Gasteiger partial charge in [-0.05, 0) is 45.9 Å². The molecule has 3 rings (SSSR count). The predicted octanol–water partition coefficient (Wildman–Crippen LogP) is 4.22. The molecule has 0 radical (unpaired) electrons. The molecule has 3 aromatic rings. The molecule has 0 saturated carbocycles. The Hall–Kier alpha value is -2.51. The lowest BCUT2D eigenvalue weighted by molar-refractivity contribution is -0.120. The highest BCUT2D eigenvalue weighted by atomic mass is 35.5. The molecule has 8 heteroatoms. The summed E-state index contributed by atoms with van der Waals surface area (Å²) in [6, 6.07) is 9.18. The van der Waals surface area contributed by atoms with Crippen LogP contribution in [0.5, 0.6) is 0 Å². The minimum atomic E-state index is -1.67. The fraction of sp³-hybridized carbons (Fsp3) is 0.350. The molecule has 1 unspecified atom stereocenters. The zero-order chi connectivity index (χ0) is 20.7. The lowest BCUT2D eigenvalue weighted by Crippen LogP contribution is -2.31. The van der Waals surface area contributed by atoms with Gasteiger partial charge in [0, 0.05) is 11.1 Å². The van der Waals surface area contributed by atoms with E-state index < -0.39 is 22.9 Å². The van der Waals surface area contributed by atoms with Gasteiger partial charge < -0.3 is 5.11 Å². The van der Waals surface area contributed by atoms with Crippen LogP contribution in [0.15, 0.2) is 36.4 Å². The molecule has 28 heavy (non-hydrogen) atoms. The first-order chi connectivity index (χ1) is 13.0. The van der Waals surface area contributed by atoms with Crippen molar-refractivity contribution >= 4 is 34.6 Å². The molecule has 0 saturated heterocycles. The molecule has 0 aliphatic heterocycles. The van der Waals surface area contributed by atoms with Crippen LogP contribution in [0.2, 0.25) is 5.15 Å². The molecule has 0 spiro atoms. The molecule has 1 aromatic carbocycles. The average molecular weight is 405 g/mol. The number of hydrogen-bond donors (Lipinski definition) is 2. The molecule has 0 fully saturated rings. The Morgan fingerprint density at radius 1 is 1.18 bits per heavy atom. The highest BCUT2D eigenvalue weighted by Crippen LogP contribution is 2.30. The molecular weight excluding hydrogens is 383 g/mol. The van der Waals surface area contributed by atoms with E-state index in [1.807, 2.05) is 20.8 Å². The maximum Gasteiger partial charge on any atom is 0.229 e. The number of nitrogens with zero attached hydrogens (tertiary/aromatic N) is 3. The van der Waals surface area contributed by atoms with Crippen molar-refractivity contribution in [2.45, 2.75) is 45.3 Å². The third-order valence-corrected chi connectivity index (χ3v) is 4.56. The van der Waals surface area contributed by atoms with E-state index in [1.54, 1.807) is 22.8 Å². The summed E-state index contributed by atoms with van der Waals surface area (Å²) >= 11 is 6.02. The van der Waals surface area contributed by atoms with Crippen molar-refractivity contribution in [1.82, 2.24) is 14.5 Å². The monoisotopic (exact) mass is 404 g/mol. The fourth-order valence-electron chi connectivity index (χ4n) is 3.13. The standard InChI is InChI=1S/C20H22ClFN4O2/c1-19(2,3)26-17-14(9-10-15(21)24-17)23-18(26)25-16(27)11-20(4,28)12-7-5-6-8-13(12)22/h5-10,28H,11H2,1-4H3,(H,23,25,27). The predicted molar refractivity (Wildman–Crippen MR) is 107 cm³/mol. The second-order valence-corrected chi connectivity index (χ2v) is 8.28. The quantitative estimate of drug-likeness (QED) is 0.638. The zero-order valence-corrected chi connectivity index (χ0v) is 16.9. The van der Waals surface area contributed by atoms with Crippen molar-refractivity contribution in [3.63, 3.8) is 0 Å². The van der Waals surface area contributed by atoms with E-state index in [1.165, 1.54) is 25.1 Å². The van der Waals surface area contributed by atoms with Gasteiger partial charge in [0.25, 0.3) is 0 Å². The number of fused-ring (bicyclic) bond motifs is 1. The van der Waals surface area contributed by atoms with Crippen LogP contribution in [0.25, 0.3) is 11.2 Å². The summed E-state index contributed by atoms with van der Waals surface area (Å²) in [7, 11) is 0. The number of pyridine rings is 1. The van der Waals surface area contributed by atoms with Gasteiger partial charge in [0.05, 0.1) is 12.0 Å². The highest BCUT2D eigenvalue weighted by molar-refractivity contribution is 6.29. The van der Waals surface area contributed by atoms with E-state index in [2.05, 4.69) is 15.3 Å². The summed E-state index contributed by atoms with van der Waals surface area (Å²) in [5.74, 6) is -0.784. The minimum Gasteiger partial charge on any atom is -0.385 e. The van der Waals surface area contributed by atoms with E-state index in [0.717, 1.165) is 0 Å². The van der Waals surface area contributed by atoms with Crippen LogP contribution in [0.1, 0.15) is 39.7 Å². The number of halogens is 2. The number of aromatic nitrogens is 3. The number of imidazole rings is 1. The molecule has 0 bridgehead atoms. The SMILES string of the molecule is CC(O)(CC(=O)Nc1nc2ccc(Cl)nc2n1C(C)(C)C)c1ccccc1F. The van der Waals surface area contributed by atoms with E-state index in [9.17, 15) is 14.3 Å². The van der Waals surface area contributed by atoms with E-state index in [-0.39, 0.29) is 17.9 Å². The fourth-order valence-corrected chi connectivity index (χ4v) is 3.27. The largest absolute Gasteiger partial charge is 0.385 e. The van der Waals surface area contributed by atoms with Gasteiger partial charge in [-0.2, -0.15) is 0 Å². The van der Waals surface area contributed by atoms with Crippen molar-refractivity contribution in [3.8, 4) is 0 Å². The Morgan fingerprint density at radius 3 is 2.50 bits per heavy atom. The Morgan fingerprint density at radius 2 is 1.86 bits per heavy atom. The minimum absolute atomic E-state index is 0.0583. The third kappa shape index (κ3) is 4.00. The molecule has 148 valence electrons. The second-order valence-electron chi connectivity index (χ2n) is 7.90. The molecule has 1 amide bonds. The Bertz CT molecular complexity index is 1040. The summed E-state index contributed by atoms with van der Waals surface area (Å²) in [5, 5.41) is 13.7. The summed E-state index contributed by atoms with van der Waals surface area (Å²) in [4.78, 5) is 21.4. The van der Waals surface area contributed by atoms with Crippen molar-refractivity contribution in [3.05, 3.63) is 52.9 Å². The summed E-state index contributed by atoms with van der Waals surface area (Å²) in [5.41, 5.74) is -0.937. The van der Waals surface area contributed by atoms with E-state index in [0.29, 0.717) is 16.3 Å². The number of benzene rings is 1. The lowest BCUT2D eigenvalue weighted by atomic mass is 9.92. The first-order valence-corrected chi connectivity index (χ1v) is 9.19. The Balaban J connectivity index is 1.92. The van der Waals surface area contributed by atoms with Crippen LogP contribution >= 0.6 is 11.6 Å². The van der Waals surface area contributed by atoms with Crippen molar-refractivity contribution < 1.29 is 14.3 Å². The van der Waals surface area contributed by atoms with Gasteiger partial charge in [-0.1, -0.05) is 29.8 Å². The van der Waals surface area contributed by atoms with E-state index in [4.69, 9.17) is 11.6 Å². The van der Waals surface area contributed by atoms with Crippen LogP contribution in [-0.2, 0) is 15.9 Å². The average Bonchev–Trinajstić information content (AvgIpc) is 2.91. The van der Waals surface area contributed by atoms with Gasteiger partial charge in [-0.25, -0.2) is 14.4 Å². The van der Waals surface area contributed by atoms with Crippen LogP contribution in [-0.4, -0.2) is 25.5 Å². The molecule has 2 heterocycles. The van der Waals surface area contributed by atoms with Crippen LogP contribution < -0.4 is 5.32 Å². The summed E-state index contributed by atoms with van der Waals surface area (Å²) in [6.07, 6.45) is -0.338. The topological polar surface area (TPSA) is 80.0 Å². The molecule has 0 aliphatic carbocycles. The molecule has 1 atom stereocenters. The number of aliphatic hydroxyl groups is 1. The van der Waals surface area contributed by atoms with Crippen LogP contribution in [0.4, 0.5) is 10.3 Å². The van der Waals surface area contributed by atoms with Crippen molar-refractivity contribution in [2.75, 3.05) is 5.32 Å². The van der Waals surface area contributed by atoms with Gasteiger partial charge >= 0.3 is 0 Å². The van der Waals surface area contributed by atoms with Gasteiger partial charge in [0.2, 0.25) is 11.9 Å². The number of nitrogens with one attached hydrogen (secondary N) is 1. The Kier molecular flexibility index (Phi) is 5.16. The zero-order valence-electron chi connectivity index (χ0n) is 16.1. The van der Waals surface area contributed by atoms with Gasteiger partial charge in [0.15, 0.2) is 5.65 Å². The lowest BCUT2D eigenvalue weighted by Gasteiger charge is -2.26. The van der Waals surface area contributed by atoms with Gasteiger partial charge in [-0.15, -0.1) is 0 Å². The first-order valence-electron chi connectivity index (χ1n) is 8.82. The van der Waals surface area contributed by atoms with E-state index >= 15 is 0 Å². The molecule has 6 nitrogen and oxygen atoms in total. The van der Waals surface area contributed by atoms with Gasteiger partial charge in [0.1, 0.15) is 16.5 Å². The smallest absolute Gasteiger partial charge is 0.229 e. The first kappa shape index (κ1) is 20.2. The molecule has 2 N–H and O–H groups in total. The maximum atomic E-state index is 14.0. The maximum absolute atomic E-state index is 14.0. The number of hydrogen-bond acceptors (Lipinski definition) is 4. The summed E-state index contributed by atoms with van der Waals surface area (Å²) in [6.45, 7) is 7.24. The number of amides is 1. The summed E-state index contributed by atoms with van der Waals surface area (Å²) < 4.78 is 15.8. The van der Waals surface area contributed by atoms with Crippen LogP contribution in [0, 0.1) is 5.82 Å². The third-order valence-electron chi connectivity index (χ3n) is 4.35. The number of carbonyl (C=O) groups is 1. The normalized spacial score (nSPS) is 14.1. The van der Waals surface area contributed by atoms with Crippen LogP contribution in [0.3, 0.4) is 0 Å². The Labute approximate surface area is 167 Å². The molecule has 0 aliphatic rings. The number of anilines is 1. The van der Waals surface area contributed by atoms with Gasteiger partial charge in [-0.3, -0.25) is 14.7 Å². The van der Waals surface area contributed by atoms with Crippen molar-refractivity contribution in [2.24, 2.45) is 0 Å². The highest BCUT2D eigenvalue weighted by Gasteiger charge is 2.31. The van der Waals surface area contributed by atoms with Crippen molar-refractivity contribution in [1.29, 1.82) is 0 Å². The second kappa shape index (κ2) is 7.14. The molecule has 2 aromatic heterocycles. The molecular formula is C20H22ClFN4O2. The number of carbonyl (C=O) groups excluding carboxylic acids is 1. The number of rotatable bonds is 4.